The zero-order valence-electron chi connectivity index (χ0n) is 9.24. The highest BCUT2D eigenvalue weighted by Crippen LogP contribution is 2.13. The van der Waals surface area contributed by atoms with Gasteiger partial charge in [-0.3, -0.25) is 4.79 Å². The van der Waals surface area contributed by atoms with Crippen LogP contribution < -0.4 is 11.1 Å². The van der Waals surface area contributed by atoms with Gasteiger partial charge in [-0.2, -0.15) is 0 Å². The molecule has 0 saturated carbocycles. The lowest BCUT2D eigenvalue weighted by Crippen LogP contribution is -2.36. The molecule has 0 aliphatic rings. The lowest BCUT2D eigenvalue weighted by molar-refractivity contribution is -0.118. The van der Waals surface area contributed by atoms with Crippen molar-refractivity contribution in [2.45, 2.75) is 32.7 Å². The highest BCUT2D eigenvalue weighted by molar-refractivity contribution is 5.75. The molecule has 0 fully saturated rings. The summed E-state index contributed by atoms with van der Waals surface area (Å²) in [6.45, 7) is 5.67. The van der Waals surface area contributed by atoms with E-state index in [1.165, 1.54) is 0 Å². The number of nitrogens with two attached hydrogens (primary N) is 1. The van der Waals surface area contributed by atoms with E-state index in [0.717, 1.165) is 5.56 Å². The van der Waals surface area contributed by atoms with Gasteiger partial charge in [0.15, 0.2) is 0 Å². The Bertz CT molecular complexity index is 345. The summed E-state index contributed by atoms with van der Waals surface area (Å²) in [6.07, 6.45) is 3.68. The first-order valence-electron chi connectivity index (χ1n) is 4.74. The Labute approximate surface area is 89.1 Å². The summed E-state index contributed by atoms with van der Waals surface area (Å²) >= 11 is 0. The van der Waals surface area contributed by atoms with E-state index in [2.05, 4.69) is 15.3 Å². The molecule has 0 aromatic carbocycles. The molecule has 0 unspecified atom stereocenters. The van der Waals surface area contributed by atoms with Crippen molar-refractivity contribution >= 4 is 11.9 Å². The number of hydrogen-bond donors (Lipinski definition) is 2. The van der Waals surface area contributed by atoms with Crippen LogP contribution in [-0.2, 0) is 4.79 Å². The predicted octanol–water partition coefficient (Wildman–Crippen LogP) is 0.851. The van der Waals surface area contributed by atoms with Crippen LogP contribution in [0.1, 0.15) is 25.8 Å². The second-order valence-corrected chi connectivity index (χ2v) is 4.24. The molecule has 1 heterocycles. The zero-order chi connectivity index (χ0) is 11.5. The Kier molecular flexibility index (Phi) is 3.24. The number of primary amides is 1. The van der Waals surface area contributed by atoms with Crippen LogP contribution in [0.2, 0.25) is 0 Å². The number of nitrogens with zero attached hydrogens (tertiary/aromatic N) is 2. The van der Waals surface area contributed by atoms with E-state index in [-0.39, 0.29) is 12.3 Å². The van der Waals surface area contributed by atoms with Crippen molar-refractivity contribution in [3.05, 3.63) is 18.0 Å². The van der Waals surface area contributed by atoms with Crippen molar-refractivity contribution in [1.29, 1.82) is 0 Å². The van der Waals surface area contributed by atoms with E-state index in [1.807, 2.05) is 20.8 Å². The van der Waals surface area contributed by atoms with Gasteiger partial charge in [-0.15, -0.1) is 0 Å². The smallest absolute Gasteiger partial charge is 0.223 e. The monoisotopic (exact) mass is 208 g/mol. The Morgan fingerprint density at radius 2 is 2.00 bits per heavy atom. The van der Waals surface area contributed by atoms with Crippen LogP contribution in [0.5, 0.6) is 0 Å². The van der Waals surface area contributed by atoms with Gasteiger partial charge in [-0.05, 0) is 26.3 Å². The van der Waals surface area contributed by atoms with Crippen molar-refractivity contribution in [3.63, 3.8) is 0 Å². The molecular formula is C10H16N4O. The number of carbonyl (C=O) groups is 1. The number of aryl methyl sites for hydroxylation is 1. The van der Waals surface area contributed by atoms with Gasteiger partial charge in [-0.25, -0.2) is 9.97 Å². The van der Waals surface area contributed by atoms with Crippen LogP contribution in [0, 0.1) is 6.92 Å². The lowest BCUT2D eigenvalue weighted by Gasteiger charge is -2.24. The molecular weight excluding hydrogens is 192 g/mol. The summed E-state index contributed by atoms with van der Waals surface area (Å²) in [7, 11) is 0. The maximum atomic E-state index is 10.8. The third-order valence-corrected chi connectivity index (χ3v) is 1.85. The Morgan fingerprint density at radius 3 is 2.47 bits per heavy atom. The standard InChI is InChI=1S/C10H16N4O/c1-7-5-12-9(13-6-7)14-10(2,3)4-8(11)15/h5-6H,4H2,1-3H3,(H2,11,15)(H,12,13,14). The lowest BCUT2D eigenvalue weighted by atomic mass is 10.0. The Balaban J connectivity index is 2.68. The summed E-state index contributed by atoms with van der Waals surface area (Å²) in [5.41, 5.74) is 5.70. The second kappa shape index (κ2) is 4.25. The molecule has 5 heteroatoms. The van der Waals surface area contributed by atoms with Gasteiger partial charge < -0.3 is 11.1 Å². The Hall–Kier alpha value is -1.65. The van der Waals surface area contributed by atoms with Gasteiger partial charge in [0.05, 0.1) is 0 Å². The van der Waals surface area contributed by atoms with Crippen LogP contribution >= 0.6 is 0 Å². The molecule has 0 radical (unpaired) electrons. The van der Waals surface area contributed by atoms with Gasteiger partial charge in [0.1, 0.15) is 0 Å². The molecule has 0 saturated heterocycles. The van der Waals surface area contributed by atoms with Crippen LogP contribution in [-0.4, -0.2) is 21.4 Å². The maximum Gasteiger partial charge on any atom is 0.223 e. The first-order chi connectivity index (χ1) is 6.89. The number of rotatable bonds is 4. The summed E-state index contributed by atoms with van der Waals surface area (Å²) < 4.78 is 0. The van der Waals surface area contributed by atoms with Gasteiger partial charge in [-0.1, -0.05) is 0 Å². The molecule has 1 amide bonds. The van der Waals surface area contributed by atoms with Crippen molar-refractivity contribution in [1.82, 2.24) is 9.97 Å². The van der Waals surface area contributed by atoms with Crippen LogP contribution in [0.25, 0.3) is 0 Å². The average molecular weight is 208 g/mol. The number of carbonyl (C=O) groups excluding carboxylic acids is 1. The zero-order valence-corrected chi connectivity index (χ0v) is 9.24. The van der Waals surface area contributed by atoms with Crippen LogP contribution in [0.4, 0.5) is 5.95 Å². The summed E-state index contributed by atoms with van der Waals surface area (Å²) in [6, 6.07) is 0. The third-order valence-electron chi connectivity index (χ3n) is 1.85. The average Bonchev–Trinajstić information content (AvgIpc) is 2.06. The van der Waals surface area contributed by atoms with Crippen molar-refractivity contribution < 1.29 is 4.79 Å². The molecule has 0 atom stereocenters. The fourth-order valence-electron chi connectivity index (χ4n) is 1.24. The molecule has 1 rings (SSSR count). The van der Waals surface area contributed by atoms with Crippen molar-refractivity contribution in [2.75, 3.05) is 5.32 Å². The quantitative estimate of drug-likeness (QED) is 0.768. The minimum absolute atomic E-state index is 0.240. The van der Waals surface area contributed by atoms with E-state index in [9.17, 15) is 4.79 Å². The van der Waals surface area contributed by atoms with Crippen LogP contribution in [0.3, 0.4) is 0 Å². The molecule has 15 heavy (non-hydrogen) atoms. The summed E-state index contributed by atoms with van der Waals surface area (Å²) in [4.78, 5) is 19.0. The topological polar surface area (TPSA) is 80.9 Å². The number of amides is 1. The highest BCUT2D eigenvalue weighted by atomic mass is 16.1. The molecule has 0 bridgehead atoms. The molecule has 0 aliphatic heterocycles. The largest absolute Gasteiger partial charge is 0.370 e. The van der Waals surface area contributed by atoms with E-state index < -0.39 is 5.54 Å². The number of hydrogen-bond acceptors (Lipinski definition) is 4. The first kappa shape index (κ1) is 11.4. The number of aromatic nitrogens is 2. The Morgan fingerprint density at radius 1 is 1.47 bits per heavy atom. The SMILES string of the molecule is Cc1cnc(NC(C)(C)CC(N)=O)nc1. The number of nitrogens with one attached hydrogen (secondary N) is 1. The minimum atomic E-state index is -0.429. The highest BCUT2D eigenvalue weighted by Gasteiger charge is 2.21. The molecule has 82 valence electrons. The predicted molar refractivity (Wildman–Crippen MR) is 58.3 cm³/mol. The summed E-state index contributed by atoms with van der Waals surface area (Å²) in [5, 5.41) is 3.05. The van der Waals surface area contributed by atoms with Gasteiger partial charge >= 0.3 is 0 Å². The maximum absolute atomic E-state index is 10.8. The molecule has 3 N–H and O–H groups in total. The first-order valence-corrected chi connectivity index (χ1v) is 4.74. The minimum Gasteiger partial charge on any atom is -0.370 e. The van der Waals surface area contributed by atoms with E-state index in [1.54, 1.807) is 12.4 Å². The van der Waals surface area contributed by atoms with Crippen molar-refractivity contribution in [3.8, 4) is 0 Å². The molecule has 1 aromatic rings. The van der Waals surface area contributed by atoms with Gasteiger partial charge in [0.2, 0.25) is 11.9 Å². The van der Waals surface area contributed by atoms with E-state index in [4.69, 9.17) is 5.73 Å². The fourth-order valence-corrected chi connectivity index (χ4v) is 1.24. The third kappa shape index (κ3) is 3.93. The molecule has 0 spiro atoms. The van der Waals surface area contributed by atoms with E-state index in [0.29, 0.717) is 5.95 Å². The van der Waals surface area contributed by atoms with Crippen LogP contribution in [0.15, 0.2) is 12.4 Å². The van der Waals surface area contributed by atoms with Crippen molar-refractivity contribution in [2.24, 2.45) is 5.73 Å². The molecule has 0 aliphatic carbocycles. The fraction of sp³-hybridized carbons (Fsp3) is 0.500. The normalized spacial score (nSPS) is 11.1. The van der Waals surface area contributed by atoms with Gasteiger partial charge in [0.25, 0.3) is 0 Å². The molecule has 5 nitrogen and oxygen atoms in total. The number of anilines is 1. The second-order valence-electron chi connectivity index (χ2n) is 4.24. The van der Waals surface area contributed by atoms with Gasteiger partial charge in [0, 0.05) is 24.4 Å². The summed E-state index contributed by atoms with van der Waals surface area (Å²) in [5.74, 6) is 0.159. The molecule has 1 aromatic heterocycles. The van der Waals surface area contributed by atoms with E-state index >= 15 is 0 Å².